The topological polar surface area (TPSA) is 90.1 Å². The van der Waals surface area contributed by atoms with Gasteiger partial charge in [-0.1, -0.05) is 45.3 Å². The second-order valence-electron chi connectivity index (χ2n) is 7.92. The van der Waals surface area contributed by atoms with E-state index in [1.807, 2.05) is 12.2 Å². The SMILES string of the molecule is CCCCCC(O)C=CC1C(O)CC2(CC)N=C(SCCCC(=O)O)CC12. The van der Waals surface area contributed by atoms with Crippen LogP contribution in [-0.2, 0) is 4.79 Å². The molecule has 2 rings (SSSR count). The molecule has 0 amide bonds. The summed E-state index contributed by atoms with van der Waals surface area (Å²) in [4.78, 5) is 15.6. The van der Waals surface area contributed by atoms with Crippen molar-refractivity contribution in [2.45, 2.75) is 89.4 Å². The van der Waals surface area contributed by atoms with E-state index < -0.39 is 18.2 Å². The van der Waals surface area contributed by atoms with Gasteiger partial charge in [-0.2, -0.15) is 0 Å². The zero-order valence-electron chi connectivity index (χ0n) is 16.6. The van der Waals surface area contributed by atoms with E-state index in [1.54, 1.807) is 11.8 Å². The lowest BCUT2D eigenvalue weighted by atomic mass is 9.81. The van der Waals surface area contributed by atoms with Crippen LogP contribution in [0, 0.1) is 11.8 Å². The fourth-order valence-corrected chi connectivity index (χ4v) is 5.49. The molecule has 154 valence electrons. The first-order valence-electron chi connectivity index (χ1n) is 10.4. The fourth-order valence-electron chi connectivity index (χ4n) is 4.42. The number of aliphatic imine (C=N–C) groups is 1. The van der Waals surface area contributed by atoms with Crippen molar-refractivity contribution in [1.82, 2.24) is 0 Å². The highest BCUT2D eigenvalue weighted by Gasteiger charge is 2.54. The Balaban J connectivity index is 1.94. The highest BCUT2D eigenvalue weighted by atomic mass is 32.2. The van der Waals surface area contributed by atoms with Crippen LogP contribution in [0.2, 0.25) is 0 Å². The van der Waals surface area contributed by atoms with Crippen molar-refractivity contribution in [3.05, 3.63) is 12.2 Å². The number of carboxylic acids is 1. The maximum Gasteiger partial charge on any atom is 0.303 e. The predicted octanol–water partition coefficient (Wildman–Crippen LogP) is 4.03. The summed E-state index contributed by atoms with van der Waals surface area (Å²) >= 11 is 1.67. The zero-order valence-corrected chi connectivity index (χ0v) is 17.5. The average Bonchev–Trinajstić information content (AvgIpc) is 3.09. The summed E-state index contributed by atoms with van der Waals surface area (Å²) < 4.78 is 0. The zero-order chi connectivity index (χ0) is 19.9. The van der Waals surface area contributed by atoms with Crippen molar-refractivity contribution in [2.75, 3.05) is 5.75 Å². The van der Waals surface area contributed by atoms with Crippen LogP contribution in [0.25, 0.3) is 0 Å². The van der Waals surface area contributed by atoms with Gasteiger partial charge in [0.05, 0.1) is 22.8 Å². The Bertz CT molecular complexity index is 550. The van der Waals surface area contributed by atoms with E-state index in [1.165, 1.54) is 0 Å². The Kier molecular flexibility index (Phi) is 8.83. The molecule has 6 heteroatoms. The first-order valence-corrected chi connectivity index (χ1v) is 11.4. The molecule has 5 nitrogen and oxygen atoms in total. The first-order chi connectivity index (χ1) is 12.9. The minimum atomic E-state index is -0.753. The molecule has 1 saturated carbocycles. The van der Waals surface area contributed by atoms with Gasteiger partial charge in [0, 0.05) is 18.8 Å². The summed E-state index contributed by atoms with van der Waals surface area (Å²) in [6.45, 7) is 4.28. The van der Waals surface area contributed by atoms with Gasteiger partial charge in [0.15, 0.2) is 0 Å². The maximum atomic E-state index is 10.6. The Morgan fingerprint density at radius 2 is 2.15 bits per heavy atom. The first kappa shape index (κ1) is 22.4. The highest BCUT2D eigenvalue weighted by molar-refractivity contribution is 8.13. The molecule has 0 radical (unpaired) electrons. The van der Waals surface area contributed by atoms with E-state index in [0.717, 1.165) is 49.3 Å². The second kappa shape index (κ2) is 10.6. The van der Waals surface area contributed by atoms with E-state index >= 15 is 0 Å². The predicted molar refractivity (Wildman–Crippen MR) is 111 cm³/mol. The number of unbranched alkanes of at least 4 members (excludes halogenated alkanes) is 2. The number of hydrogen-bond acceptors (Lipinski definition) is 5. The molecule has 0 aromatic heterocycles. The lowest BCUT2D eigenvalue weighted by molar-refractivity contribution is -0.137. The summed E-state index contributed by atoms with van der Waals surface area (Å²) in [5.74, 6) is 0.332. The quantitative estimate of drug-likeness (QED) is 0.362. The van der Waals surface area contributed by atoms with Crippen molar-refractivity contribution in [1.29, 1.82) is 0 Å². The smallest absolute Gasteiger partial charge is 0.303 e. The lowest BCUT2D eigenvalue weighted by Crippen LogP contribution is -2.28. The molecule has 3 N–H and O–H groups in total. The van der Waals surface area contributed by atoms with E-state index in [0.29, 0.717) is 12.8 Å². The van der Waals surface area contributed by atoms with Crippen molar-refractivity contribution >= 4 is 22.8 Å². The third-order valence-electron chi connectivity index (χ3n) is 5.98. The molecule has 0 aromatic rings. The Labute approximate surface area is 167 Å². The minimum Gasteiger partial charge on any atom is -0.481 e. The van der Waals surface area contributed by atoms with E-state index in [4.69, 9.17) is 10.1 Å². The van der Waals surface area contributed by atoms with Crippen LogP contribution in [0.15, 0.2) is 17.1 Å². The van der Waals surface area contributed by atoms with Gasteiger partial charge >= 0.3 is 5.97 Å². The van der Waals surface area contributed by atoms with Gasteiger partial charge in [-0.3, -0.25) is 9.79 Å². The molecule has 5 unspecified atom stereocenters. The number of nitrogens with zero attached hydrogens (tertiary/aromatic N) is 1. The molecule has 1 fully saturated rings. The number of aliphatic carboxylic acids is 1. The van der Waals surface area contributed by atoms with Gasteiger partial charge in [-0.05, 0) is 37.4 Å². The normalized spacial score (nSPS) is 31.3. The highest BCUT2D eigenvalue weighted by Crippen LogP contribution is 2.52. The number of carbonyl (C=O) groups is 1. The Hall–Kier alpha value is -0.850. The van der Waals surface area contributed by atoms with Gasteiger partial charge in [0.2, 0.25) is 0 Å². The van der Waals surface area contributed by atoms with Crippen LogP contribution in [0.3, 0.4) is 0 Å². The second-order valence-corrected chi connectivity index (χ2v) is 9.08. The standard InChI is InChI=1S/C21H35NO4S/c1-3-5-6-8-15(23)10-11-16-17-13-19(27-12-7-9-20(25)26)22-21(17,4-2)14-18(16)24/h10-11,15-18,23-24H,3-9,12-14H2,1-2H3,(H,25,26). The monoisotopic (exact) mass is 397 g/mol. The summed E-state index contributed by atoms with van der Waals surface area (Å²) in [5.41, 5.74) is -0.198. The summed E-state index contributed by atoms with van der Waals surface area (Å²) in [6, 6.07) is 0. The molecular weight excluding hydrogens is 362 g/mol. The van der Waals surface area contributed by atoms with Crippen LogP contribution in [0.4, 0.5) is 0 Å². The number of aliphatic hydroxyl groups excluding tert-OH is 2. The third-order valence-corrected chi connectivity index (χ3v) is 7.06. The molecule has 0 aromatic carbocycles. The van der Waals surface area contributed by atoms with Gasteiger partial charge in [0.1, 0.15) is 0 Å². The molecule has 5 atom stereocenters. The number of thioether (sulfide) groups is 1. The fraction of sp³-hybridized carbons (Fsp3) is 0.810. The van der Waals surface area contributed by atoms with Crippen LogP contribution in [0.1, 0.15) is 71.6 Å². The molecule has 1 heterocycles. The molecule has 1 aliphatic heterocycles. The van der Waals surface area contributed by atoms with Crippen LogP contribution in [0.5, 0.6) is 0 Å². The number of rotatable bonds is 11. The summed E-state index contributed by atoms with van der Waals surface area (Å²) in [6.07, 6.45) is 10.4. The Morgan fingerprint density at radius 1 is 1.37 bits per heavy atom. The van der Waals surface area contributed by atoms with Gasteiger partial charge < -0.3 is 15.3 Å². The van der Waals surface area contributed by atoms with Crippen LogP contribution < -0.4 is 0 Å². The largest absolute Gasteiger partial charge is 0.481 e. The molecule has 27 heavy (non-hydrogen) atoms. The van der Waals surface area contributed by atoms with E-state index in [-0.39, 0.29) is 23.8 Å². The van der Waals surface area contributed by atoms with Crippen molar-refractivity contribution in [3.63, 3.8) is 0 Å². The average molecular weight is 398 g/mol. The Morgan fingerprint density at radius 3 is 2.81 bits per heavy atom. The summed E-state index contributed by atoms with van der Waals surface area (Å²) in [5, 5.41) is 30.6. The van der Waals surface area contributed by atoms with Crippen molar-refractivity contribution < 1.29 is 20.1 Å². The number of aliphatic hydroxyl groups is 2. The van der Waals surface area contributed by atoms with E-state index in [9.17, 15) is 15.0 Å². The van der Waals surface area contributed by atoms with Gasteiger partial charge in [-0.25, -0.2) is 0 Å². The molecule has 0 saturated heterocycles. The van der Waals surface area contributed by atoms with Gasteiger partial charge in [-0.15, -0.1) is 11.8 Å². The number of hydrogen-bond donors (Lipinski definition) is 3. The lowest BCUT2D eigenvalue weighted by Gasteiger charge is -2.26. The number of carboxylic acid groups (broad SMARTS) is 1. The summed E-state index contributed by atoms with van der Waals surface area (Å²) in [7, 11) is 0. The molecule has 1 aliphatic carbocycles. The van der Waals surface area contributed by atoms with Crippen molar-refractivity contribution in [2.24, 2.45) is 16.8 Å². The third kappa shape index (κ3) is 6.06. The van der Waals surface area contributed by atoms with Crippen LogP contribution >= 0.6 is 11.8 Å². The van der Waals surface area contributed by atoms with Crippen LogP contribution in [-0.4, -0.2) is 49.8 Å². The van der Waals surface area contributed by atoms with Gasteiger partial charge in [0.25, 0.3) is 0 Å². The molecule has 0 spiro atoms. The maximum absolute atomic E-state index is 10.6. The minimum absolute atomic E-state index is 0.0339. The molecule has 2 aliphatic rings. The van der Waals surface area contributed by atoms with E-state index in [2.05, 4.69) is 13.8 Å². The molecule has 0 bridgehead atoms. The number of fused-ring (bicyclic) bond motifs is 1. The van der Waals surface area contributed by atoms with Crippen molar-refractivity contribution in [3.8, 4) is 0 Å². The molecular formula is C21H35NO4S.